The zero-order valence-corrected chi connectivity index (χ0v) is 11.8. The highest BCUT2D eigenvalue weighted by atomic mass is 16.4. The first kappa shape index (κ1) is 14.0. The van der Waals surface area contributed by atoms with E-state index in [2.05, 4.69) is 11.8 Å². The van der Waals surface area contributed by atoms with Crippen LogP contribution in [-0.2, 0) is 0 Å². The fourth-order valence-corrected chi connectivity index (χ4v) is 3.54. The maximum Gasteiger partial charge on any atom is 0.407 e. The van der Waals surface area contributed by atoms with Crippen LogP contribution in [0.4, 0.5) is 4.79 Å². The average Bonchev–Trinajstić information content (AvgIpc) is 2.93. The van der Waals surface area contributed by atoms with Gasteiger partial charge in [-0.15, -0.1) is 0 Å². The van der Waals surface area contributed by atoms with E-state index in [4.69, 9.17) is 5.11 Å². The highest BCUT2D eigenvalue weighted by Crippen LogP contribution is 2.42. The van der Waals surface area contributed by atoms with E-state index in [1.165, 1.54) is 4.90 Å². The van der Waals surface area contributed by atoms with Crippen LogP contribution >= 0.6 is 0 Å². The van der Waals surface area contributed by atoms with Crippen molar-refractivity contribution in [2.45, 2.75) is 24.9 Å². The number of likely N-dealkylation sites (tertiary alicyclic amines) is 1. The highest BCUT2D eigenvalue weighted by Gasteiger charge is 2.49. The molecule has 2 N–H and O–H groups in total. The predicted molar refractivity (Wildman–Crippen MR) is 78.7 cm³/mol. The number of benzene rings is 1. The van der Waals surface area contributed by atoms with Crippen molar-refractivity contribution >= 4 is 6.09 Å². The molecule has 110 valence electrons. The Morgan fingerprint density at radius 3 is 2.76 bits per heavy atom. The van der Waals surface area contributed by atoms with Crippen LogP contribution in [0.25, 0.3) is 0 Å². The number of nitrogens with zero attached hydrogens (tertiary/aromatic N) is 1. The molecule has 1 aromatic rings. The number of amides is 1. The summed E-state index contributed by atoms with van der Waals surface area (Å²) in [7, 11) is 0. The number of carboxylic acid groups (broad SMARTS) is 1. The summed E-state index contributed by atoms with van der Waals surface area (Å²) in [6.45, 7) is 0.912. The van der Waals surface area contributed by atoms with Gasteiger partial charge in [0.2, 0.25) is 0 Å². The molecule has 1 aliphatic heterocycles. The lowest BCUT2D eigenvalue weighted by atomic mass is 9.71. The minimum absolute atomic E-state index is 0.0708. The summed E-state index contributed by atoms with van der Waals surface area (Å²) in [5, 5.41) is 20.1. The number of aliphatic hydroxyl groups is 1. The predicted octanol–water partition coefficient (Wildman–Crippen LogP) is 2.18. The van der Waals surface area contributed by atoms with Crippen molar-refractivity contribution in [3.63, 3.8) is 0 Å². The van der Waals surface area contributed by atoms with E-state index in [1.54, 1.807) is 0 Å². The van der Waals surface area contributed by atoms with Gasteiger partial charge in [-0.3, -0.25) is 0 Å². The standard InChI is InChI=1S/C17H19NO3/c19-16(20)18-11-14-7-4-9-17(21,15(14)12-18)10-8-13-5-2-1-3-6-13/h1-3,5-6,14-15,21H,4,7,9,11-12H2,(H,19,20). The Kier molecular flexibility index (Phi) is 3.60. The summed E-state index contributed by atoms with van der Waals surface area (Å²) in [6.07, 6.45) is 1.60. The van der Waals surface area contributed by atoms with Crippen molar-refractivity contribution in [1.82, 2.24) is 4.90 Å². The van der Waals surface area contributed by atoms with Gasteiger partial charge < -0.3 is 15.1 Å². The van der Waals surface area contributed by atoms with Crippen LogP contribution in [0.3, 0.4) is 0 Å². The van der Waals surface area contributed by atoms with Crippen LogP contribution in [0.2, 0.25) is 0 Å². The molecule has 3 atom stereocenters. The van der Waals surface area contributed by atoms with Gasteiger partial charge in [-0.2, -0.15) is 0 Å². The second-order valence-corrected chi connectivity index (χ2v) is 5.99. The molecule has 1 heterocycles. The fourth-order valence-electron chi connectivity index (χ4n) is 3.54. The number of hydrogen-bond donors (Lipinski definition) is 2. The smallest absolute Gasteiger partial charge is 0.407 e. The van der Waals surface area contributed by atoms with E-state index < -0.39 is 11.7 Å². The second kappa shape index (κ2) is 5.42. The van der Waals surface area contributed by atoms with E-state index in [0.29, 0.717) is 19.5 Å². The topological polar surface area (TPSA) is 60.8 Å². The Labute approximate surface area is 124 Å². The third-order valence-corrected chi connectivity index (χ3v) is 4.65. The van der Waals surface area contributed by atoms with Gasteiger partial charge in [0.1, 0.15) is 5.60 Å². The molecular weight excluding hydrogens is 266 g/mol. The Morgan fingerprint density at radius 2 is 2.05 bits per heavy atom. The third-order valence-electron chi connectivity index (χ3n) is 4.65. The highest BCUT2D eigenvalue weighted by molar-refractivity contribution is 5.65. The van der Waals surface area contributed by atoms with E-state index in [1.807, 2.05) is 30.3 Å². The fraction of sp³-hybridized carbons (Fsp3) is 0.471. The van der Waals surface area contributed by atoms with Crippen LogP contribution in [0.5, 0.6) is 0 Å². The van der Waals surface area contributed by atoms with Gasteiger partial charge in [0.05, 0.1) is 0 Å². The van der Waals surface area contributed by atoms with Gasteiger partial charge in [-0.25, -0.2) is 4.79 Å². The molecule has 1 aromatic carbocycles. The minimum Gasteiger partial charge on any atom is -0.465 e. The molecule has 0 spiro atoms. The Balaban J connectivity index is 1.83. The summed E-state index contributed by atoms with van der Waals surface area (Å²) in [5.41, 5.74) is -0.190. The van der Waals surface area contributed by atoms with Crippen molar-refractivity contribution in [2.24, 2.45) is 11.8 Å². The van der Waals surface area contributed by atoms with Crippen molar-refractivity contribution in [2.75, 3.05) is 13.1 Å². The lowest BCUT2D eigenvalue weighted by Crippen LogP contribution is -2.44. The average molecular weight is 285 g/mol. The molecule has 21 heavy (non-hydrogen) atoms. The van der Waals surface area contributed by atoms with E-state index >= 15 is 0 Å². The van der Waals surface area contributed by atoms with Gasteiger partial charge in [0, 0.05) is 24.6 Å². The van der Waals surface area contributed by atoms with Crippen molar-refractivity contribution in [1.29, 1.82) is 0 Å². The Morgan fingerprint density at radius 1 is 1.29 bits per heavy atom. The van der Waals surface area contributed by atoms with E-state index in [9.17, 15) is 9.90 Å². The number of fused-ring (bicyclic) bond motifs is 1. The molecule has 3 unspecified atom stereocenters. The van der Waals surface area contributed by atoms with Crippen LogP contribution in [-0.4, -0.2) is 39.9 Å². The van der Waals surface area contributed by atoms with E-state index in [-0.39, 0.29) is 11.8 Å². The Hall–Kier alpha value is -1.99. The zero-order chi connectivity index (χ0) is 14.9. The maximum absolute atomic E-state index is 11.1. The monoisotopic (exact) mass is 285 g/mol. The lowest BCUT2D eigenvalue weighted by molar-refractivity contribution is -0.00776. The van der Waals surface area contributed by atoms with Crippen LogP contribution in [0.1, 0.15) is 24.8 Å². The molecule has 1 aliphatic carbocycles. The molecule has 1 saturated heterocycles. The first-order chi connectivity index (χ1) is 10.1. The van der Waals surface area contributed by atoms with E-state index in [0.717, 1.165) is 18.4 Å². The van der Waals surface area contributed by atoms with Crippen molar-refractivity contribution < 1.29 is 15.0 Å². The van der Waals surface area contributed by atoms with Gasteiger partial charge in [-0.05, 0) is 37.3 Å². The molecule has 0 bridgehead atoms. The third kappa shape index (κ3) is 2.74. The zero-order valence-electron chi connectivity index (χ0n) is 11.8. The second-order valence-electron chi connectivity index (χ2n) is 5.99. The summed E-state index contributed by atoms with van der Waals surface area (Å²) in [4.78, 5) is 12.6. The molecule has 1 amide bonds. The van der Waals surface area contributed by atoms with Gasteiger partial charge in [0.15, 0.2) is 0 Å². The minimum atomic E-state index is -1.07. The molecule has 3 rings (SSSR count). The lowest BCUT2D eigenvalue weighted by Gasteiger charge is -2.37. The van der Waals surface area contributed by atoms with Crippen molar-refractivity contribution in [3.8, 4) is 11.8 Å². The number of carbonyl (C=O) groups is 1. The molecule has 0 aromatic heterocycles. The van der Waals surface area contributed by atoms with Crippen LogP contribution in [0.15, 0.2) is 30.3 Å². The molecule has 2 fully saturated rings. The summed E-state index contributed by atoms with van der Waals surface area (Å²) >= 11 is 0. The quantitative estimate of drug-likeness (QED) is 0.718. The van der Waals surface area contributed by atoms with Gasteiger partial charge in [0.25, 0.3) is 0 Å². The molecular formula is C17H19NO3. The van der Waals surface area contributed by atoms with Crippen molar-refractivity contribution in [3.05, 3.63) is 35.9 Å². The normalized spacial score (nSPS) is 31.2. The number of hydrogen-bond acceptors (Lipinski definition) is 2. The SMILES string of the molecule is O=C(O)N1CC2CCCC(O)(C#Cc3ccccc3)C2C1. The largest absolute Gasteiger partial charge is 0.465 e. The van der Waals surface area contributed by atoms with Crippen LogP contribution < -0.4 is 0 Å². The summed E-state index contributed by atoms with van der Waals surface area (Å²) in [5.74, 6) is 6.23. The van der Waals surface area contributed by atoms with Gasteiger partial charge in [-0.1, -0.05) is 30.0 Å². The molecule has 2 aliphatic rings. The van der Waals surface area contributed by atoms with Crippen LogP contribution in [0, 0.1) is 23.7 Å². The van der Waals surface area contributed by atoms with Gasteiger partial charge >= 0.3 is 6.09 Å². The molecule has 4 heteroatoms. The maximum atomic E-state index is 11.1. The Bertz CT molecular complexity index is 589. The summed E-state index contributed by atoms with van der Waals surface area (Å²) < 4.78 is 0. The molecule has 0 radical (unpaired) electrons. The molecule has 4 nitrogen and oxygen atoms in total. The first-order valence-corrected chi connectivity index (χ1v) is 7.37. The summed E-state index contributed by atoms with van der Waals surface area (Å²) in [6, 6.07) is 9.58. The number of rotatable bonds is 0. The molecule has 1 saturated carbocycles. The first-order valence-electron chi connectivity index (χ1n) is 7.37.